The Hall–Kier alpha value is -3.11. The highest BCUT2D eigenvalue weighted by Crippen LogP contribution is 2.23. The Kier molecular flexibility index (Phi) is 5.13. The molecule has 4 aromatic rings. The lowest BCUT2D eigenvalue weighted by Gasteiger charge is -2.17. The maximum atomic E-state index is 12.7. The summed E-state index contributed by atoms with van der Waals surface area (Å²) in [6.45, 7) is 2.64. The second-order valence-electron chi connectivity index (χ2n) is 6.74. The minimum atomic E-state index is -0.261. The maximum absolute atomic E-state index is 12.7. The van der Waals surface area contributed by atoms with Crippen LogP contribution in [0.5, 0.6) is 0 Å². The van der Waals surface area contributed by atoms with Gasteiger partial charge in [-0.3, -0.25) is 4.79 Å². The SMILES string of the molecule is CC(NC(=O)c1cccc(Cl)c1)c1nc2ccccc2n1Cc1ccccc1. The van der Waals surface area contributed by atoms with Crippen LogP contribution in [0.15, 0.2) is 78.9 Å². The van der Waals surface area contributed by atoms with E-state index in [-0.39, 0.29) is 11.9 Å². The monoisotopic (exact) mass is 389 g/mol. The van der Waals surface area contributed by atoms with Crippen LogP contribution in [0.4, 0.5) is 0 Å². The molecule has 4 rings (SSSR count). The van der Waals surface area contributed by atoms with Crippen LogP contribution in [-0.4, -0.2) is 15.5 Å². The Balaban J connectivity index is 1.67. The fraction of sp³-hybridized carbons (Fsp3) is 0.130. The van der Waals surface area contributed by atoms with Gasteiger partial charge in [0.2, 0.25) is 0 Å². The molecular weight excluding hydrogens is 370 g/mol. The van der Waals surface area contributed by atoms with E-state index in [1.165, 1.54) is 5.56 Å². The zero-order chi connectivity index (χ0) is 19.5. The molecule has 0 spiro atoms. The first-order valence-corrected chi connectivity index (χ1v) is 9.55. The summed E-state index contributed by atoms with van der Waals surface area (Å²) in [6.07, 6.45) is 0. The number of imidazole rings is 1. The zero-order valence-corrected chi connectivity index (χ0v) is 16.2. The van der Waals surface area contributed by atoms with E-state index in [1.807, 2.05) is 43.3 Å². The van der Waals surface area contributed by atoms with Crippen molar-refractivity contribution >= 4 is 28.5 Å². The Morgan fingerprint density at radius 3 is 2.57 bits per heavy atom. The lowest BCUT2D eigenvalue weighted by Crippen LogP contribution is -2.28. The van der Waals surface area contributed by atoms with Gasteiger partial charge >= 0.3 is 0 Å². The molecule has 0 radical (unpaired) electrons. The van der Waals surface area contributed by atoms with Gasteiger partial charge in [0.1, 0.15) is 5.82 Å². The summed E-state index contributed by atoms with van der Waals surface area (Å²) < 4.78 is 2.16. The average Bonchev–Trinajstić information content (AvgIpc) is 3.07. The van der Waals surface area contributed by atoms with Gasteiger partial charge in [-0.05, 0) is 42.8 Å². The van der Waals surface area contributed by atoms with E-state index in [0.29, 0.717) is 17.1 Å². The van der Waals surface area contributed by atoms with Crippen LogP contribution in [0.3, 0.4) is 0 Å². The van der Waals surface area contributed by atoms with Crippen molar-refractivity contribution in [1.29, 1.82) is 0 Å². The molecule has 1 heterocycles. The summed E-state index contributed by atoms with van der Waals surface area (Å²) in [7, 11) is 0. The quantitative estimate of drug-likeness (QED) is 0.508. The molecule has 1 amide bonds. The number of nitrogens with zero attached hydrogens (tertiary/aromatic N) is 2. The lowest BCUT2D eigenvalue weighted by molar-refractivity contribution is 0.0938. The molecule has 140 valence electrons. The van der Waals surface area contributed by atoms with Gasteiger partial charge in [0.15, 0.2) is 0 Å². The van der Waals surface area contributed by atoms with E-state index in [0.717, 1.165) is 16.9 Å². The third-order valence-electron chi connectivity index (χ3n) is 4.69. The average molecular weight is 390 g/mol. The number of hydrogen-bond donors (Lipinski definition) is 1. The number of carbonyl (C=O) groups excluding carboxylic acids is 1. The molecule has 1 N–H and O–H groups in total. The molecule has 3 aromatic carbocycles. The molecular formula is C23H20ClN3O. The number of benzene rings is 3. The first kappa shape index (κ1) is 18.3. The van der Waals surface area contributed by atoms with Crippen LogP contribution in [0.25, 0.3) is 11.0 Å². The molecule has 4 nitrogen and oxygen atoms in total. The summed E-state index contributed by atoms with van der Waals surface area (Å²) in [6, 6.07) is 24.9. The number of rotatable bonds is 5. The Bertz CT molecular complexity index is 1120. The molecule has 1 atom stereocenters. The number of halogens is 1. The van der Waals surface area contributed by atoms with Gasteiger partial charge in [-0.15, -0.1) is 0 Å². The van der Waals surface area contributed by atoms with Gasteiger partial charge in [0.25, 0.3) is 5.91 Å². The van der Waals surface area contributed by atoms with E-state index < -0.39 is 0 Å². The minimum Gasteiger partial charge on any atom is -0.342 e. The normalized spacial score (nSPS) is 12.1. The van der Waals surface area contributed by atoms with E-state index >= 15 is 0 Å². The molecule has 0 saturated heterocycles. The van der Waals surface area contributed by atoms with Crippen LogP contribution in [-0.2, 0) is 6.54 Å². The van der Waals surface area contributed by atoms with Gasteiger partial charge in [-0.1, -0.05) is 60.1 Å². The van der Waals surface area contributed by atoms with Gasteiger partial charge in [-0.2, -0.15) is 0 Å². The van der Waals surface area contributed by atoms with Crippen molar-refractivity contribution in [3.8, 4) is 0 Å². The molecule has 0 aliphatic heterocycles. The second-order valence-corrected chi connectivity index (χ2v) is 7.17. The Labute approximate surface area is 168 Å². The molecule has 0 saturated carbocycles. The summed E-state index contributed by atoms with van der Waals surface area (Å²) in [5.74, 6) is 0.647. The van der Waals surface area contributed by atoms with Crippen LogP contribution >= 0.6 is 11.6 Å². The smallest absolute Gasteiger partial charge is 0.251 e. The van der Waals surface area contributed by atoms with Gasteiger partial charge in [0.05, 0.1) is 17.1 Å². The number of carbonyl (C=O) groups is 1. The van der Waals surface area contributed by atoms with Crippen molar-refractivity contribution in [2.75, 3.05) is 0 Å². The van der Waals surface area contributed by atoms with Crippen LogP contribution < -0.4 is 5.32 Å². The number of aromatic nitrogens is 2. The zero-order valence-electron chi connectivity index (χ0n) is 15.5. The van der Waals surface area contributed by atoms with E-state index in [2.05, 4.69) is 28.1 Å². The molecule has 0 bridgehead atoms. The summed E-state index contributed by atoms with van der Waals surface area (Å²) in [5.41, 5.74) is 3.67. The van der Waals surface area contributed by atoms with Crippen molar-refractivity contribution in [1.82, 2.24) is 14.9 Å². The largest absolute Gasteiger partial charge is 0.342 e. The predicted octanol–water partition coefficient (Wildman–Crippen LogP) is 5.23. The van der Waals surface area contributed by atoms with Gasteiger partial charge < -0.3 is 9.88 Å². The fourth-order valence-corrected chi connectivity index (χ4v) is 3.52. The molecule has 28 heavy (non-hydrogen) atoms. The molecule has 1 unspecified atom stereocenters. The highest BCUT2D eigenvalue weighted by Gasteiger charge is 2.19. The van der Waals surface area contributed by atoms with Crippen molar-refractivity contribution < 1.29 is 4.79 Å². The van der Waals surface area contributed by atoms with Crippen LogP contribution in [0, 0.1) is 0 Å². The van der Waals surface area contributed by atoms with Gasteiger partial charge in [-0.25, -0.2) is 4.98 Å². The van der Waals surface area contributed by atoms with Gasteiger partial charge in [0, 0.05) is 17.1 Å². The Morgan fingerprint density at radius 1 is 1.04 bits per heavy atom. The van der Waals surface area contributed by atoms with Crippen molar-refractivity contribution in [2.45, 2.75) is 19.5 Å². The maximum Gasteiger partial charge on any atom is 0.251 e. The van der Waals surface area contributed by atoms with Crippen molar-refractivity contribution in [3.05, 3.63) is 101 Å². The minimum absolute atomic E-state index is 0.173. The summed E-state index contributed by atoms with van der Waals surface area (Å²) >= 11 is 6.01. The van der Waals surface area contributed by atoms with Crippen molar-refractivity contribution in [3.63, 3.8) is 0 Å². The van der Waals surface area contributed by atoms with E-state index in [1.54, 1.807) is 24.3 Å². The number of fused-ring (bicyclic) bond motifs is 1. The molecule has 0 fully saturated rings. The standard InChI is InChI=1S/C23H20ClN3O/c1-16(25-23(28)18-10-7-11-19(24)14-18)22-26-20-12-5-6-13-21(20)27(22)15-17-8-3-2-4-9-17/h2-14,16H,15H2,1H3,(H,25,28). The molecule has 0 aliphatic carbocycles. The number of para-hydroxylation sites is 2. The molecule has 1 aromatic heterocycles. The topological polar surface area (TPSA) is 46.9 Å². The third-order valence-corrected chi connectivity index (χ3v) is 4.92. The number of nitrogens with one attached hydrogen (secondary N) is 1. The van der Waals surface area contributed by atoms with Crippen molar-refractivity contribution in [2.24, 2.45) is 0 Å². The first-order valence-electron chi connectivity index (χ1n) is 9.17. The highest BCUT2D eigenvalue weighted by molar-refractivity contribution is 6.30. The number of hydrogen-bond acceptors (Lipinski definition) is 2. The van der Waals surface area contributed by atoms with E-state index in [4.69, 9.17) is 16.6 Å². The predicted molar refractivity (Wildman–Crippen MR) is 113 cm³/mol. The molecule has 5 heteroatoms. The van der Waals surface area contributed by atoms with E-state index in [9.17, 15) is 4.79 Å². The second kappa shape index (κ2) is 7.87. The fourth-order valence-electron chi connectivity index (χ4n) is 3.33. The summed E-state index contributed by atoms with van der Waals surface area (Å²) in [4.78, 5) is 17.5. The Morgan fingerprint density at radius 2 is 1.79 bits per heavy atom. The summed E-state index contributed by atoms with van der Waals surface area (Å²) in [5, 5.41) is 3.58. The van der Waals surface area contributed by atoms with Crippen LogP contribution in [0.1, 0.15) is 34.7 Å². The molecule has 0 aliphatic rings. The highest BCUT2D eigenvalue weighted by atomic mass is 35.5. The third kappa shape index (κ3) is 3.78. The first-order chi connectivity index (χ1) is 13.6. The van der Waals surface area contributed by atoms with Crippen LogP contribution in [0.2, 0.25) is 5.02 Å². The number of amides is 1. The lowest BCUT2D eigenvalue weighted by atomic mass is 10.2.